The minimum atomic E-state index is 0.569. The molecule has 0 saturated heterocycles. The number of fused-ring (bicyclic) bond motifs is 6. The lowest BCUT2D eigenvalue weighted by molar-refractivity contribution is 0.951. The average molecular weight is 716 g/mol. The Morgan fingerprint density at radius 2 is 0.714 bits per heavy atom. The monoisotopic (exact) mass is 715 g/mol. The molecule has 11 rings (SSSR count). The van der Waals surface area contributed by atoms with Crippen LogP contribution < -0.4 is 0 Å². The summed E-state index contributed by atoms with van der Waals surface area (Å²) >= 11 is 0. The maximum Gasteiger partial charge on any atom is 0.238 e. The van der Waals surface area contributed by atoms with Crippen LogP contribution in [-0.4, -0.2) is 24.1 Å². The summed E-state index contributed by atoms with van der Waals surface area (Å²) in [6.07, 6.45) is 0. The molecule has 11 aromatic rings. The maximum atomic E-state index is 5.33. The van der Waals surface area contributed by atoms with Crippen LogP contribution in [0.5, 0.6) is 0 Å². The van der Waals surface area contributed by atoms with Gasteiger partial charge in [0.2, 0.25) is 5.95 Å². The van der Waals surface area contributed by atoms with Crippen LogP contribution in [-0.2, 0) is 0 Å². The third-order valence-electron chi connectivity index (χ3n) is 10.8. The first-order chi connectivity index (χ1) is 27.8. The number of hydrogen-bond acceptors (Lipinski definition) is 3. The molecule has 0 atom stereocenters. The first-order valence-corrected chi connectivity index (χ1v) is 18.9. The third kappa shape index (κ3) is 5.21. The number of nitrogens with zero attached hydrogens (tertiary/aromatic N) is 5. The summed E-state index contributed by atoms with van der Waals surface area (Å²) in [5, 5.41) is 4.71. The van der Waals surface area contributed by atoms with Crippen molar-refractivity contribution in [2.75, 3.05) is 0 Å². The van der Waals surface area contributed by atoms with Crippen LogP contribution in [0.15, 0.2) is 200 Å². The summed E-state index contributed by atoms with van der Waals surface area (Å²) in [4.78, 5) is 15.9. The second-order valence-corrected chi connectivity index (χ2v) is 14.1. The zero-order valence-corrected chi connectivity index (χ0v) is 30.3. The molecule has 8 aromatic carbocycles. The lowest BCUT2D eigenvalue weighted by Gasteiger charge is -2.15. The predicted octanol–water partition coefficient (Wildman–Crippen LogP) is 12.7. The van der Waals surface area contributed by atoms with Crippen molar-refractivity contribution in [2.24, 2.45) is 0 Å². The van der Waals surface area contributed by atoms with Crippen LogP contribution >= 0.6 is 0 Å². The van der Waals surface area contributed by atoms with E-state index in [2.05, 4.69) is 203 Å². The fourth-order valence-corrected chi connectivity index (χ4v) is 8.21. The smallest absolute Gasteiger partial charge is 0.238 e. The van der Waals surface area contributed by atoms with E-state index in [4.69, 9.17) is 15.0 Å². The van der Waals surface area contributed by atoms with Crippen LogP contribution in [0.1, 0.15) is 0 Å². The first kappa shape index (κ1) is 31.9. The van der Waals surface area contributed by atoms with Crippen LogP contribution in [0, 0.1) is 0 Å². The Bertz CT molecular complexity index is 3140. The van der Waals surface area contributed by atoms with E-state index in [1.54, 1.807) is 0 Å². The van der Waals surface area contributed by atoms with E-state index in [-0.39, 0.29) is 0 Å². The van der Waals surface area contributed by atoms with E-state index in [0.29, 0.717) is 17.6 Å². The number of rotatable bonds is 6. The van der Waals surface area contributed by atoms with Gasteiger partial charge in [-0.15, -0.1) is 0 Å². The zero-order chi connectivity index (χ0) is 37.0. The van der Waals surface area contributed by atoms with Crippen LogP contribution in [0.2, 0.25) is 0 Å². The van der Waals surface area contributed by atoms with E-state index in [1.165, 1.54) is 21.9 Å². The Kier molecular flexibility index (Phi) is 7.42. The fraction of sp³-hybridized carbons (Fsp3) is 0. The normalized spacial score (nSPS) is 11.6. The Morgan fingerprint density at radius 1 is 0.286 bits per heavy atom. The van der Waals surface area contributed by atoms with Gasteiger partial charge in [-0.1, -0.05) is 158 Å². The Morgan fingerprint density at radius 3 is 1.30 bits per heavy atom. The van der Waals surface area contributed by atoms with Crippen LogP contribution in [0.4, 0.5) is 0 Å². The van der Waals surface area contributed by atoms with E-state index in [9.17, 15) is 0 Å². The predicted molar refractivity (Wildman–Crippen MR) is 230 cm³/mol. The summed E-state index contributed by atoms with van der Waals surface area (Å²) < 4.78 is 4.51. The van der Waals surface area contributed by atoms with Gasteiger partial charge in [0.05, 0.1) is 27.8 Å². The standard InChI is InChI=1S/C51H33N5/c1-2-15-34(16-3-1)37-17-14-18-38(33-37)35-29-31-36(32-30-35)49-52-50(54-51(53-49)56-46-26-11-6-21-41(46)42-22-7-12-27-47(42)56)43-23-8-13-28-48(43)55-44-24-9-4-19-39(44)40-20-5-10-25-45(40)55/h1-33H. The topological polar surface area (TPSA) is 48.5 Å². The number of hydrogen-bond donors (Lipinski definition) is 0. The average Bonchev–Trinajstić information content (AvgIpc) is 3.80. The van der Waals surface area contributed by atoms with Gasteiger partial charge in [0.1, 0.15) is 0 Å². The van der Waals surface area contributed by atoms with Crippen molar-refractivity contribution >= 4 is 43.6 Å². The van der Waals surface area contributed by atoms with Crippen LogP contribution in [0.3, 0.4) is 0 Å². The number of benzene rings is 8. The molecule has 0 unspecified atom stereocenters. The largest absolute Gasteiger partial charge is 0.309 e. The molecule has 0 saturated carbocycles. The Balaban J connectivity index is 1.12. The molecule has 0 fully saturated rings. The highest BCUT2D eigenvalue weighted by Crippen LogP contribution is 2.37. The molecule has 262 valence electrons. The molecular weight excluding hydrogens is 683 g/mol. The molecule has 0 aliphatic carbocycles. The first-order valence-electron chi connectivity index (χ1n) is 18.9. The second kappa shape index (κ2) is 13.0. The molecule has 5 nitrogen and oxygen atoms in total. The van der Waals surface area contributed by atoms with Gasteiger partial charge >= 0.3 is 0 Å². The van der Waals surface area contributed by atoms with Crippen LogP contribution in [0.25, 0.3) is 100 Å². The molecular formula is C51H33N5. The van der Waals surface area contributed by atoms with Crippen molar-refractivity contribution in [1.29, 1.82) is 0 Å². The summed E-state index contributed by atoms with van der Waals surface area (Å²) in [6, 6.07) is 70.3. The minimum absolute atomic E-state index is 0.569. The summed E-state index contributed by atoms with van der Waals surface area (Å²) in [5.74, 6) is 1.77. The minimum Gasteiger partial charge on any atom is -0.309 e. The SMILES string of the molecule is c1ccc(-c2cccc(-c3ccc(-c4nc(-c5ccccc5-n5c6ccccc6c6ccccc65)nc(-n5c6ccccc6c6ccccc65)n4)cc3)c2)cc1. The van der Waals surface area contributed by atoms with Gasteiger partial charge < -0.3 is 4.57 Å². The van der Waals surface area contributed by atoms with Crippen molar-refractivity contribution in [3.8, 4) is 56.7 Å². The zero-order valence-electron chi connectivity index (χ0n) is 30.3. The quantitative estimate of drug-likeness (QED) is 0.172. The van der Waals surface area contributed by atoms with E-state index in [1.807, 2.05) is 6.07 Å². The van der Waals surface area contributed by atoms with Gasteiger partial charge in [-0.05, 0) is 64.7 Å². The van der Waals surface area contributed by atoms with Crippen molar-refractivity contribution in [3.63, 3.8) is 0 Å². The van der Waals surface area contributed by atoms with Crippen molar-refractivity contribution in [1.82, 2.24) is 24.1 Å². The molecule has 3 heterocycles. The summed E-state index contributed by atoms with van der Waals surface area (Å²) in [5.41, 5.74) is 11.8. The van der Waals surface area contributed by atoms with Crippen molar-refractivity contribution in [2.45, 2.75) is 0 Å². The van der Waals surface area contributed by atoms with Gasteiger partial charge in [-0.2, -0.15) is 9.97 Å². The van der Waals surface area contributed by atoms with Crippen molar-refractivity contribution < 1.29 is 0 Å². The van der Waals surface area contributed by atoms with E-state index >= 15 is 0 Å². The summed E-state index contributed by atoms with van der Waals surface area (Å²) in [7, 11) is 0. The lowest BCUT2D eigenvalue weighted by atomic mass is 9.98. The molecule has 5 heteroatoms. The van der Waals surface area contributed by atoms with Gasteiger partial charge in [0, 0.05) is 32.7 Å². The molecule has 0 amide bonds. The fourth-order valence-electron chi connectivity index (χ4n) is 8.21. The van der Waals surface area contributed by atoms with E-state index < -0.39 is 0 Å². The highest BCUT2D eigenvalue weighted by molar-refractivity contribution is 6.10. The molecule has 0 spiro atoms. The molecule has 3 aromatic heterocycles. The maximum absolute atomic E-state index is 5.33. The number of para-hydroxylation sites is 5. The van der Waals surface area contributed by atoms with Gasteiger partial charge in [-0.3, -0.25) is 4.57 Å². The molecule has 0 aliphatic rings. The van der Waals surface area contributed by atoms with E-state index in [0.717, 1.165) is 60.8 Å². The molecule has 0 radical (unpaired) electrons. The van der Waals surface area contributed by atoms with Gasteiger partial charge in [-0.25, -0.2) is 4.98 Å². The third-order valence-corrected chi connectivity index (χ3v) is 10.8. The molecule has 56 heavy (non-hydrogen) atoms. The van der Waals surface area contributed by atoms with Gasteiger partial charge in [0.25, 0.3) is 0 Å². The van der Waals surface area contributed by atoms with Gasteiger partial charge in [0.15, 0.2) is 11.6 Å². The number of aromatic nitrogens is 5. The summed E-state index contributed by atoms with van der Waals surface area (Å²) in [6.45, 7) is 0. The Hall–Kier alpha value is -7.63. The van der Waals surface area contributed by atoms with Crippen molar-refractivity contribution in [3.05, 3.63) is 200 Å². The highest BCUT2D eigenvalue weighted by Gasteiger charge is 2.21. The molecule has 0 aliphatic heterocycles. The second-order valence-electron chi connectivity index (χ2n) is 14.1. The Labute approximate surface area is 323 Å². The lowest BCUT2D eigenvalue weighted by Crippen LogP contribution is -2.07. The highest BCUT2D eigenvalue weighted by atomic mass is 15.2. The molecule has 0 N–H and O–H groups in total. The molecule has 0 bridgehead atoms.